The maximum atomic E-state index is 11.4. The molecule has 0 aliphatic heterocycles. The van der Waals surface area contributed by atoms with E-state index >= 15 is 0 Å². The maximum absolute atomic E-state index is 11.4. The second-order valence-electron chi connectivity index (χ2n) is 4.91. The Morgan fingerprint density at radius 2 is 1.60 bits per heavy atom. The van der Waals surface area contributed by atoms with E-state index in [4.69, 9.17) is 5.73 Å². The molecule has 1 aromatic carbocycles. The number of hydrogen-bond donors (Lipinski definition) is 2. The molecule has 1 amide bonds. The Bertz CT molecular complexity index is 686. The summed E-state index contributed by atoms with van der Waals surface area (Å²) in [6, 6.07) is 3.64. The lowest BCUT2D eigenvalue weighted by Gasteiger charge is -2.11. The predicted octanol–water partition coefficient (Wildman–Crippen LogP) is 2.18. The molecule has 0 atom stereocenters. The van der Waals surface area contributed by atoms with Crippen molar-refractivity contribution >= 4 is 5.91 Å². The predicted molar refractivity (Wildman–Crippen MR) is 76.6 cm³/mol. The van der Waals surface area contributed by atoms with Crippen LogP contribution >= 0.6 is 0 Å². The Kier molecular flexibility index (Phi) is 3.44. The summed E-state index contributed by atoms with van der Waals surface area (Å²) in [5, 5.41) is 9.82. The van der Waals surface area contributed by atoms with Gasteiger partial charge in [-0.15, -0.1) is 0 Å². The number of phenols is 1. The van der Waals surface area contributed by atoms with Crippen molar-refractivity contribution in [3.63, 3.8) is 0 Å². The summed E-state index contributed by atoms with van der Waals surface area (Å²) in [5.41, 5.74) is 9.65. The minimum atomic E-state index is -0.594. The molecule has 5 nitrogen and oxygen atoms in total. The molecule has 0 radical (unpaired) electrons. The smallest absolute Gasteiger partial charge is 0.269 e. The number of aromatic hydroxyl groups is 1. The third kappa shape index (κ3) is 2.34. The third-order valence-corrected chi connectivity index (χ3v) is 3.24. The first-order valence-corrected chi connectivity index (χ1v) is 6.27. The quantitative estimate of drug-likeness (QED) is 0.876. The van der Waals surface area contributed by atoms with Crippen LogP contribution < -0.4 is 5.73 Å². The summed E-state index contributed by atoms with van der Waals surface area (Å²) in [6.45, 7) is 7.17. The van der Waals surface area contributed by atoms with Gasteiger partial charge in [-0.1, -0.05) is 0 Å². The molecule has 0 aliphatic carbocycles. The number of benzene rings is 1. The van der Waals surface area contributed by atoms with E-state index in [-0.39, 0.29) is 11.4 Å². The zero-order chi connectivity index (χ0) is 15.0. The fraction of sp³-hybridized carbons (Fsp3) is 0.267. The highest BCUT2D eigenvalue weighted by Gasteiger charge is 2.15. The monoisotopic (exact) mass is 271 g/mol. The lowest BCUT2D eigenvalue weighted by Crippen LogP contribution is -2.17. The molecule has 20 heavy (non-hydrogen) atoms. The topological polar surface area (TPSA) is 89.1 Å². The maximum Gasteiger partial charge on any atom is 0.269 e. The second-order valence-corrected chi connectivity index (χ2v) is 4.91. The molecule has 0 saturated carbocycles. The van der Waals surface area contributed by atoms with Crippen molar-refractivity contribution in [1.29, 1.82) is 0 Å². The van der Waals surface area contributed by atoms with Crippen LogP contribution in [0.5, 0.6) is 5.75 Å². The van der Waals surface area contributed by atoms with Gasteiger partial charge in [-0.05, 0) is 51.0 Å². The molecule has 2 aromatic rings. The molecular weight excluding hydrogens is 254 g/mol. The van der Waals surface area contributed by atoms with E-state index in [1.54, 1.807) is 6.92 Å². The Hall–Kier alpha value is -2.43. The van der Waals surface area contributed by atoms with Gasteiger partial charge in [-0.3, -0.25) is 9.78 Å². The first kappa shape index (κ1) is 14.0. The molecule has 2 rings (SSSR count). The SMILES string of the molecule is Cc1cc(-c2nc(C(N)=O)c(C)nc2C)cc(C)c1O. The number of carbonyl (C=O) groups is 1. The van der Waals surface area contributed by atoms with E-state index in [9.17, 15) is 9.90 Å². The zero-order valence-electron chi connectivity index (χ0n) is 12.0. The van der Waals surface area contributed by atoms with Crippen molar-refractivity contribution in [2.75, 3.05) is 0 Å². The number of aryl methyl sites for hydroxylation is 4. The van der Waals surface area contributed by atoms with Gasteiger partial charge < -0.3 is 10.8 Å². The van der Waals surface area contributed by atoms with E-state index in [0.29, 0.717) is 11.4 Å². The van der Waals surface area contributed by atoms with E-state index in [1.807, 2.05) is 32.9 Å². The third-order valence-electron chi connectivity index (χ3n) is 3.24. The number of carbonyl (C=O) groups excluding carboxylic acids is 1. The normalized spacial score (nSPS) is 10.6. The summed E-state index contributed by atoms with van der Waals surface area (Å²) in [7, 11) is 0. The molecule has 0 unspecified atom stereocenters. The first-order valence-electron chi connectivity index (χ1n) is 6.27. The fourth-order valence-corrected chi connectivity index (χ4v) is 2.23. The Balaban J connectivity index is 2.69. The Morgan fingerprint density at radius 3 is 2.10 bits per heavy atom. The number of phenolic OH excluding ortho intramolecular Hbond substituents is 1. The Labute approximate surface area is 117 Å². The highest BCUT2D eigenvalue weighted by atomic mass is 16.3. The largest absolute Gasteiger partial charge is 0.507 e. The molecule has 1 aromatic heterocycles. The van der Waals surface area contributed by atoms with Crippen molar-refractivity contribution in [1.82, 2.24) is 9.97 Å². The van der Waals surface area contributed by atoms with Crippen LogP contribution in [0.4, 0.5) is 0 Å². The van der Waals surface area contributed by atoms with Crippen molar-refractivity contribution in [2.45, 2.75) is 27.7 Å². The molecule has 1 heterocycles. The van der Waals surface area contributed by atoms with Crippen molar-refractivity contribution in [3.05, 3.63) is 40.3 Å². The molecular formula is C15H17N3O2. The summed E-state index contributed by atoms with van der Waals surface area (Å²) in [6.07, 6.45) is 0. The van der Waals surface area contributed by atoms with Crippen LogP contribution in [0.2, 0.25) is 0 Å². The molecule has 0 spiro atoms. The van der Waals surface area contributed by atoms with Crippen LogP contribution in [-0.2, 0) is 0 Å². The molecule has 104 valence electrons. The molecule has 5 heteroatoms. The van der Waals surface area contributed by atoms with Crippen LogP contribution in [-0.4, -0.2) is 21.0 Å². The van der Waals surface area contributed by atoms with Crippen molar-refractivity contribution in [2.24, 2.45) is 5.73 Å². The standard InChI is InChI=1S/C15H17N3O2/c1-7-5-11(6-8(2)14(7)19)12-9(3)17-10(4)13(18-12)15(16)20/h5-6,19H,1-4H3,(H2,16,20). The van der Waals surface area contributed by atoms with Gasteiger partial charge in [0, 0.05) is 5.56 Å². The highest BCUT2D eigenvalue weighted by molar-refractivity contribution is 5.92. The number of nitrogens with two attached hydrogens (primary N) is 1. The Morgan fingerprint density at radius 1 is 1.05 bits per heavy atom. The van der Waals surface area contributed by atoms with Gasteiger partial charge in [0.25, 0.3) is 5.91 Å². The lowest BCUT2D eigenvalue weighted by molar-refractivity contribution is 0.0994. The van der Waals surface area contributed by atoms with Crippen molar-refractivity contribution in [3.8, 4) is 17.0 Å². The molecule has 0 bridgehead atoms. The number of hydrogen-bond acceptors (Lipinski definition) is 4. The minimum Gasteiger partial charge on any atom is -0.507 e. The van der Waals surface area contributed by atoms with E-state index < -0.39 is 5.91 Å². The summed E-state index contributed by atoms with van der Waals surface area (Å²) >= 11 is 0. The van der Waals surface area contributed by atoms with Gasteiger partial charge in [0.15, 0.2) is 0 Å². The van der Waals surface area contributed by atoms with Gasteiger partial charge in [0.1, 0.15) is 11.4 Å². The van der Waals surface area contributed by atoms with Crippen LogP contribution in [0.25, 0.3) is 11.3 Å². The van der Waals surface area contributed by atoms with Gasteiger partial charge in [-0.25, -0.2) is 4.98 Å². The lowest BCUT2D eigenvalue weighted by atomic mass is 10.0. The fourth-order valence-electron chi connectivity index (χ4n) is 2.23. The van der Waals surface area contributed by atoms with E-state index in [0.717, 1.165) is 22.4 Å². The van der Waals surface area contributed by atoms with Crippen LogP contribution in [0.15, 0.2) is 12.1 Å². The number of amides is 1. The first-order chi connectivity index (χ1) is 9.31. The van der Waals surface area contributed by atoms with Gasteiger partial charge >= 0.3 is 0 Å². The van der Waals surface area contributed by atoms with Crippen molar-refractivity contribution < 1.29 is 9.90 Å². The summed E-state index contributed by atoms with van der Waals surface area (Å²) in [4.78, 5) is 20.0. The summed E-state index contributed by atoms with van der Waals surface area (Å²) in [5.74, 6) is -0.329. The highest BCUT2D eigenvalue weighted by Crippen LogP contribution is 2.29. The van der Waals surface area contributed by atoms with E-state index in [2.05, 4.69) is 9.97 Å². The number of rotatable bonds is 2. The van der Waals surface area contributed by atoms with E-state index in [1.165, 1.54) is 0 Å². The van der Waals surface area contributed by atoms with Gasteiger partial charge in [-0.2, -0.15) is 0 Å². The minimum absolute atomic E-state index is 0.175. The molecule has 3 N–H and O–H groups in total. The van der Waals surface area contributed by atoms with Gasteiger partial charge in [0.05, 0.1) is 17.1 Å². The number of primary amides is 1. The molecule has 0 fully saturated rings. The van der Waals surface area contributed by atoms with Gasteiger partial charge in [0.2, 0.25) is 0 Å². The molecule has 0 aliphatic rings. The number of nitrogens with zero attached hydrogens (tertiary/aromatic N) is 2. The molecule has 0 saturated heterocycles. The second kappa shape index (κ2) is 4.92. The number of aromatic nitrogens is 2. The zero-order valence-corrected chi connectivity index (χ0v) is 12.0. The van der Waals surface area contributed by atoms with Crippen LogP contribution in [0.3, 0.4) is 0 Å². The van der Waals surface area contributed by atoms with Crippen LogP contribution in [0.1, 0.15) is 33.0 Å². The average molecular weight is 271 g/mol. The summed E-state index contributed by atoms with van der Waals surface area (Å²) < 4.78 is 0. The van der Waals surface area contributed by atoms with Crippen LogP contribution in [0, 0.1) is 27.7 Å². The average Bonchev–Trinajstić information content (AvgIpc) is 2.35.